The molecular weight excluding hydrogens is 335 g/mol. The lowest BCUT2D eigenvalue weighted by Crippen LogP contribution is -2.13. The zero-order chi connectivity index (χ0) is 17.3. The van der Waals surface area contributed by atoms with Crippen molar-refractivity contribution in [3.63, 3.8) is 0 Å². The van der Waals surface area contributed by atoms with E-state index in [2.05, 4.69) is 0 Å². The molecule has 25 heavy (non-hydrogen) atoms. The molecule has 0 N–H and O–H groups in total. The van der Waals surface area contributed by atoms with E-state index < -0.39 is 7.82 Å². The molecule has 0 bridgehead atoms. The fraction of sp³-hybridized carbons (Fsp3) is 0. The van der Waals surface area contributed by atoms with Gasteiger partial charge in [-0.25, -0.2) is 4.57 Å². The average Bonchev–Trinajstić information content (AvgIpc) is 2.61. The summed E-state index contributed by atoms with van der Waals surface area (Å²) in [5.41, 5.74) is 0. The lowest BCUT2D eigenvalue weighted by Gasteiger charge is -2.24. The van der Waals surface area contributed by atoms with Crippen LogP contribution in [-0.2, 0) is 4.57 Å². The second kappa shape index (κ2) is 6.25. The summed E-state index contributed by atoms with van der Waals surface area (Å²) in [5.74, 6) is 0.440. The van der Waals surface area contributed by atoms with Gasteiger partial charge in [0.2, 0.25) is 0 Å². The van der Waals surface area contributed by atoms with Crippen LogP contribution in [0.2, 0.25) is 0 Å². The van der Waals surface area contributed by atoms with Crippen molar-refractivity contribution >= 4 is 29.4 Å². The Labute approximate surface area is 144 Å². The van der Waals surface area contributed by atoms with Gasteiger partial charge in [0.05, 0.1) is 0 Å². The minimum atomic E-state index is -4.54. The second-order valence-corrected chi connectivity index (χ2v) is 6.91. The third-order valence-electron chi connectivity index (χ3n) is 3.88. The topological polar surface area (TPSA) is 58.6 Å². The summed E-state index contributed by atoms with van der Waals surface area (Å²) in [5, 5.41) is 3.80. The van der Waals surface area contributed by atoms with E-state index in [-0.39, 0.29) is 11.5 Å². The molecule has 0 heterocycles. The Bertz CT molecular complexity index is 1020. The first-order valence-electron chi connectivity index (χ1n) is 7.77. The van der Waals surface area contributed by atoms with E-state index in [9.17, 15) is 9.46 Å². The number of phosphoric acid groups is 1. The minimum absolute atomic E-state index is 0.220. The molecule has 0 aliphatic heterocycles. The van der Waals surface area contributed by atoms with Crippen LogP contribution in [0.1, 0.15) is 0 Å². The summed E-state index contributed by atoms with van der Waals surface area (Å²) in [4.78, 5) is 12.2. The molecule has 4 aromatic carbocycles. The molecule has 0 radical (unpaired) electrons. The van der Waals surface area contributed by atoms with Crippen molar-refractivity contribution in [3.05, 3.63) is 84.9 Å². The Morgan fingerprint density at radius 2 is 1.00 bits per heavy atom. The molecule has 0 unspecified atom stereocenters. The highest BCUT2D eigenvalue weighted by atomic mass is 31.2. The highest BCUT2D eigenvalue weighted by molar-refractivity contribution is 7.46. The summed E-state index contributed by atoms with van der Waals surface area (Å²) >= 11 is 0. The first-order chi connectivity index (χ1) is 12.1. The molecule has 5 heteroatoms. The first kappa shape index (κ1) is 15.7. The highest BCUT2D eigenvalue weighted by Gasteiger charge is 2.14. The van der Waals surface area contributed by atoms with Gasteiger partial charge in [-0.15, -0.1) is 0 Å². The van der Waals surface area contributed by atoms with Gasteiger partial charge in [-0.1, -0.05) is 60.7 Å². The largest absolute Gasteiger partial charge is 0.736 e. The third-order valence-corrected chi connectivity index (χ3v) is 4.75. The molecule has 124 valence electrons. The zero-order valence-corrected chi connectivity index (χ0v) is 14.1. The van der Waals surface area contributed by atoms with Crippen LogP contribution in [0.4, 0.5) is 0 Å². The first-order valence-corrected chi connectivity index (χ1v) is 9.23. The Morgan fingerprint density at radius 1 is 0.600 bits per heavy atom. The molecule has 0 aromatic heterocycles. The van der Waals surface area contributed by atoms with E-state index in [1.807, 2.05) is 48.5 Å². The lowest BCUT2D eigenvalue weighted by atomic mass is 10.1. The maximum Gasteiger partial charge on any atom is 0.372 e. The maximum atomic E-state index is 12.2. The van der Waals surface area contributed by atoms with Crippen LogP contribution in [0.15, 0.2) is 84.9 Å². The van der Waals surface area contributed by atoms with Crippen molar-refractivity contribution in [1.82, 2.24) is 0 Å². The molecule has 4 nitrogen and oxygen atoms in total. The summed E-state index contributed by atoms with van der Waals surface area (Å²) in [6, 6.07) is 25.5. The second-order valence-electron chi connectivity index (χ2n) is 5.65. The predicted molar refractivity (Wildman–Crippen MR) is 96.8 cm³/mol. The Hall–Kier alpha value is -2.81. The van der Waals surface area contributed by atoms with Crippen molar-refractivity contribution < 1.29 is 18.5 Å². The molecule has 4 rings (SSSR count). The molecule has 0 spiro atoms. The van der Waals surface area contributed by atoms with Crippen LogP contribution in [0.3, 0.4) is 0 Å². The predicted octanol–water partition coefficient (Wildman–Crippen LogP) is 4.92. The van der Waals surface area contributed by atoms with E-state index in [0.29, 0.717) is 0 Å². The smallest absolute Gasteiger partial charge is 0.372 e. The minimum Gasteiger partial charge on any atom is -0.736 e. The van der Waals surface area contributed by atoms with E-state index in [4.69, 9.17) is 9.05 Å². The molecular formula is C20H14O4P-. The van der Waals surface area contributed by atoms with Crippen LogP contribution < -0.4 is 13.9 Å². The van der Waals surface area contributed by atoms with Crippen LogP contribution >= 0.6 is 7.82 Å². The van der Waals surface area contributed by atoms with Crippen LogP contribution in [0.5, 0.6) is 11.5 Å². The number of hydrogen-bond donors (Lipinski definition) is 0. The van der Waals surface area contributed by atoms with Gasteiger partial charge in [-0.2, -0.15) is 0 Å². The average molecular weight is 349 g/mol. The molecule has 0 saturated heterocycles. The van der Waals surface area contributed by atoms with E-state index in [1.165, 1.54) is 0 Å². The maximum absolute atomic E-state index is 12.2. The Balaban J connectivity index is 1.58. The highest BCUT2D eigenvalue weighted by Crippen LogP contribution is 2.41. The van der Waals surface area contributed by atoms with E-state index >= 15 is 0 Å². The molecule has 0 atom stereocenters. The fourth-order valence-electron chi connectivity index (χ4n) is 2.73. The van der Waals surface area contributed by atoms with E-state index in [1.54, 1.807) is 36.4 Å². The van der Waals surface area contributed by atoms with Gasteiger partial charge < -0.3 is 13.9 Å². The summed E-state index contributed by atoms with van der Waals surface area (Å²) < 4.78 is 22.4. The summed E-state index contributed by atoms with van der Waals surface area (Å²) in [6.07, 6.45) is 0. The van der Waals surface area contributed by atoms with Crippen molar-refractivity contribution in [3.8, 4) is 11.5 Å². The van der Waals surface area contributed by atoms with Gasteiger partial charge in [0.25, 0.3) is 0 Å². The number of hydrogen-bond acceptors (Lipinski definition) is 4. The number of benzene rings is 4. The monoisotopic (exact) mass is 349 g/mol. The third kappa shape index (κ3) is 3.50. The zero-order valence-electron chi connectivity index (χ0n) is 13.2. The van der Waals surface area contributed by atoms with Crippen LogP contribution in [0.25, 0.3) is 21.5 Å². The molecule has 0 aliphatic carbocycles. The van der Waals surface area contributed by atoms with Crippen molar-refractivity contribution in [2.45, 2.75) is 0 Å². The summed E-state index contributed by atoms with van der Waals surface area (Å²) in [7, 11) is -4.54. The quantitative estimate of drug-likeness (QED) is 0.491. The Kier molecular flexibility index (Phi) is 3.92. The van der Waals surface area contributed by atoms with Crippen molar-refractivity contribution in [2.75, 3.05) is 0 Å². The fourth-order valence-corrected chi connectivity index (χ4v) is 3.51. The molecule has 0 saturated carbocycles. The van der Waals surface area contributed by atoms with Gasteiger partial charge in [0.1, 0.15) is 11.5 Å². The Morgan fingerprint density at radius 3 is 1.44 bits per heavy atom. The van der Waals surface area contributed by atoms with E-state index in [0.717, 1.165) is 21.5 Å². The standard InChI is InChI=1S/C20H15O4P/c21-25(22,23-19-11-9-15-5-1-3-7-17(15)13-19)24-20-12-10-16-6-2-4-8-18(16)14-20/h1-14H,(H,21,22)/p-1. The van der Waals surface area contributed by atoms with Gasteiger partial charge in [-0.3, -0.25) is 0 Å². The van der Waals surface area contributed by atoms with Gasteiger partial charge in [-0.05, 0) is 45.8 Å². The summed E-state index contributed by atoms with van der Waals surface area (Å²) in [6.45, 7) is 0. The van der Waals surface area contributed by atoms with Crippen LogP contribution in [-0.4, -0.2) is 0 Å². The van der Waals surface area contributed by atoms with Gasteiger partial charge >= 0.3 is 7.82 Å². The number of phosphoric ester groups is 1. The molecule has 4 aromatic rings. The number of fused-ring (bicyclic) bond motifs is 2. The lowest BCUT2D eigenvalue weighted by molar-refractivity contribution is -0.208. The molecule has 0 aliphatic rings. The molecule has 0 fully saturated rings. The van der Waals surface area contributed by atoms with Crippen molar-refractivity contribution in [2.24, 2.45) is 0 Å². The SMILES string of the molecule is O=P([O-])(Oc1ccc2ccccc2c1)Oc1ccc2ccccc2c1. The van der Waals surface area contributed by atoms with Gasteiger partial charge in [0.15, 0.2) is 0 Å². The number of rotatable bonds is 4. The van der Waals surface area contributed by atoms with Crippen molar-refractivity contribution in [1.29, 1.82) is 0 Å². The van der Waals surface area contributed by atoms with Crippen LogP contribution in [0, 0.1) is 0 Å². The molecule has 0 amide bonds. The van der Waals surface area contributed by atoms with Gasteiger partial charge in [0, 0.05) is 0 Å². The normalized spacial score (nSPS) is 11.6.